The lowest BCUT2D eigenvalue weighted by Gasteiger charge is -2.34. The molecule has 2 heterocycles. The largest absolute Gasteiger partial charge is 0.451 e. The number of hydrogen-bond acceptors (Lipinski definition) is 7. The molecule has 0 bridgehead atoms. The van der Waals surface area contributed by atoms with Crippen molar-refractivity contribution in [3.8, 4) is 11.5 Å². The summed E-state index contributed by atoms with van der Waals surface area (Å²) < 4.78 is 25.6. The van der Waals surface area contributed by atoms with E-state index in [0.717, 1.165) is 0 Å². The molecule has 1 saturated heterocycles. The molecule has 1 aliphatic heterocycles. The fraction of sp³-hybridized carbons (Fsp3) is 0.538. The molecule has 9 nitrogen and oxygen atoms in total. The van der Waals surface area contributed by atoms with Crippen molar-refractivity contribution in [2.45, 2.75) is 72.1 Å². The lowest BCUT2D eigenvalue weighted by Crippen LogP contribution is -2.46. The topological polar surface area (TPSA) is 96.9 Å². The van der Waals surface area contributed by atoms with Crippen molar-refractivity contribution in [3.05, 3.63) is 42.1 Å². The van der Waals surface area contributed by atoms with Crippen molar-refractivity contribution >= 4 is 17.8 Å². The second-order valence-electron chi connectivity index (χ2n) is 10.0. The summed E-state index contributed by atoms with van der Waals surface area (Å²) in [5.41, 5.74) is -0.414. The van der Waals surface area contributed by atoms with Gasteiger partial charge in [-0.3, -0.25) is 4.79 Å². The normalized spacial score (nSPS) is 14.5. The lowest BCUT2D eigenvalue weighted by molar-refractivity contribution is 0.0496. The van der Waals surface area contributed by atoms with E-state index in [1.54, 1.807) is 4.90 Å². The number of amides is 2. The van der Waals surface area contributed by atoms with Gasteiger partial charge in [-0.1, -0.05) is 0 Å². The standard InChI is InChI=1S/C26H36FN5O4/c1-7-32(17(2)3)24(33)20-14-18(27)8-9-21(20)35-22-15-28-16-29-23(22)31-12-10-19(11-13-31)30-25(34)36-26(4,5)6/h8-9,14-17,19H,7,10-13H2,1-6H3,(H,30,34). The van der Waals surface area contributed by atoms with Gasteiger partial charge < -0.3 is 24.6 Å². The van der Waals surface area contributed by atoms with Crippen LogP contribution in [-0.2, 0) is 4.74 Å². The molecule has 1 aromatic heterocycles. The highest BCUT2D eigenvalue weighted by molar-refractivity contribution is 5.97. The fourth-order valence-electron chi connectivity index (χ4n) is 4.10. The summed E-state index contributed by atoms with van der Waals surface area (Å²) in [7, 11) is 0. The van der Waals surface area contributed by atoms with E-state index in [-0.39, 0.29) is 29.3 Å². The Kier molecular flexibility index (Phi) is 8.70. The molecule has 1 N–H and O–H groups in total. The lowest BCUT2D eigenvalue weighted by atomic mass is 10.1. The first kappa shape index (κ1) is 27.2. The molecule has 1 aromatic carbocycles. The maximum atomic E-state index is 14.1. The summed E-state index contributed by atoms with van der Waals surface area (Å²) in [6, 6.07) is 3.84. The van der Waals surface area contributed by atoms with E-state index in [9.17, 15) is 14.0 Å². The molecule has 10 heteroatoms. The van der Waals surface area contributed by atoms with Gasteiger partial charge in [0.05, 0.1) is 11.8 Å². The Morgan fingerprint density at radius 3 is 2.53 bits per heavy atom. The molecule has 0 saturated carbocycles. The van der Waals surface area contributed by atoms with Gasteiger partial charge in [0.2, 0.25) is 0 Å². The molecule has 0 aliphatic carbocycles. The maximum absolute atomic E-state index is 14.1. The van der Waals surface area contributed by atoms with E-state index in [1.807, 2.05) is 46.4 Å². The van der Waals surface area contributed by atoms with Crippen LogP contribution < -0.4 is 15.0 Å². The SMILES string of the molecule is CCN(C(=O)c1cc(F)ccc1Oc1cncnc1N1CCC(NC(=O)OC(C)(C)C)CC1)C(C)C. The Morgan fingerprint density at radius 1 is 1.22 bits per heavy atom. The van der Waals surface area contributed by atoms with Crippen molar-refractivity contribution in [2.24, 2.45) is 0 Å². The van der Waals surface area contributed by atoms with Crippen molar-refractivity contribution < 1.29 is 23.5 Å². The number of alkyl carbamates (subject to hydrolysis) is 1. The monoisotopic (exact) mass is 501 g/mol. The number of carbonyl (C=O) groups is 2. The number of benzene rings is 1. The summed E-state index contributed by atoms with van der Waals surface area (Å²) >= 11 is 0. The molecule has 2 amide bonds. The first-order valence-electron chi connectivity index (χ1n) is 12.3. The van der Waals surface area contributed by atoms with Crippen molar-refractivity contribution in [1.82, 2.24) is 20.2 Å². The average Bonchev–Trinajstić information content (AvgIpc) is 2.80. The number of carbonyl (C=O) groups excluding carboxylic acids is 2. The number of nitrogens with zero attached hydrogens (tertiary/aromatic N) is 4. The van der Waals surface area contributed by atoms with Crippen LogP contribution in [0, 0.1) is 5.82 Å². The third-order valence-electron chi connectivity index (χ3n) is 5.79. The van der Waals surface area contributed by atoms with Crippen LogP contribution in [0.1, 0.15) is 64.7 Å². The van der Waals surface area contributed by atoms with Gasteiger partial charge in [0, 0.05) is 31.7 Å². The molecule has 0 radical (unpaired) electrons. The van der Waals surface area contributed by atoms with Crippen LogP contribution >= 0.6 is 0 Å². The smallest absolute Gasteiger partial charge is 0.407 e. The minimum Gasteiger partial charge on any atom is -0.451 e. The Hall–Kier alpha value is -3.43. The second-order valence-corrected chi connectivity index (χ2v) is 10.0. The fourth-order valence-corrected chi connectivity index (χ4v) is 4.10. The number of hydrogen-bond donors (Lipinski definition) is 1. The van der Waals surface area contributed by atoms with Crippen LogP contribution in [0.3, 0.4) is 0 Å². The molecule has 36 heavy (non-hydrogen) atoms. The molecule has 1 fully saturated rings. The molecule has 1 aliphatic rings. The summed E-state index contributed by atoms with van der Waals surface area (Å²) in [5, 5.41) is 2.92. The van der Waals surface area contributed by atoms with Gasteiger partial charge in [-0.2, -0.15) is 0 Å². The minimum absolute atomic E-state index is 0.0142. The summed E-state index contributed by atoms with van der Waals surface area (Å²) in [4.78, 5) is 37.5. The van der Waals surface area contributed by atoms with E-state index < -0.39 is 17.5 Å². The average molecular weight is 502 g/mol. The highest BCUT2D eigenvalue weighted by atomic mass is 19.1. The van der Waals surface area contributed by atoms with Crippen LogP contribution in [0.5, 0.6) is 11.5 Å². The predicted octanol–water partition coefficient (Wildman–Crippen LogP) is 4.77. The molecule has 0 unspecified atom stereocenters. The van der Waals surface area contributed by atoms with Gasteiger partial charge in [0.15, 0.2) is 11.6 Å². The third kappa shape index (κ3) is 7.05. The number of aromatic nitrogens is 2. The summed E-state index contributed by atoms with van der Waals surface area (Å²) in [6.45, 7) is 12.9. The number of piperidine rings is 1. The van der Waals surface area contributed by atoms with Gasteiger partial charge in [-0.05, 0) is 72.6 Å². The van der Waals surface area contributed by atoms with Crippen LogP contribution in [0.15, 0.2) is 30.7 Å². The Morgan fingerprint density at radius 2 is 1.92 bits per heavy atom. The second kappa shape index (κ2) is 11.5. The zero-order chi connectivity index (χ0) is 26.5. The number of anilines is 1. The summed E-state index contributed by atoms with van der Waals surface area (Å²) in [6.07, 6.45) is 3.93. The molecular formula is C26H36FN5O4. The minimum atomic E-state index is -0.554. The zero-order valence-electron chi connectivity index (χ0n) is 21.9. The molecule has 3 rings (SSSR count). The predicted molar refractivity (Wildman–Crippen MR) is 135 cm³/mol. The first-order chi connectivity index (χ1) is 17.0. The zero-order valence-corrected chi connectivity index (χ0v) is 21.9. The molecule has 0 atom stereocenters. The van der Waals surface area contributed by atoms with Crippen LogP contribution in [0.2, 0.25) is 0 Å². The quantitative estimate of drug-likeness (QED) is 0.584. The highest BCUT2D eigenvalue weighted by Crippen LogP contribution is 2.34. The van der Waals surface area contributed by atoms with Gasteiger partial charge in [0.25, 0.3) is 5.91 Å². The maximum Gasteiger partial charge on any atom is 0.407 e. The number of rotatable bonds is 7. The van der Waals surface area contributed by atoms with Gasteiger partial charge >= 0.3 is 6.09 Å². The van der Waals surface area contributed by atoms with Crippen LogP contribution in [0.4, 0.5) is 15.0 Å². The summed E-state index contributed by atoms with van der Waals surface area (Å²) in [5.74, 6) is 0.339. The number of halogens is 1. The van der Waals surface area contributed by atoms with Crippen LogP contribution in [0.25, 0.3) is 0 Å². The number of nitrogens with one attached hydrogen (secondary N) is 1. The Bertz CT molecular complexity index is 1060. The van der Waals surface area contributed by atoms with E-state index >= 15 is 0 Å². The number of ether oxygens (including phenoxy) is 2. The van der Waals surface area contributed by atoms with Crippen molar-refractivity contribution in [1.29, 1.82) is 0 Å². The van der Waals surface area contributed by atoms with Gasteiger partial charge in [-0.25, -0.2) is 19.2 Å². The molecular weight excluding hydrogens is 465 g/mol. The van der Waals surface area contributed by atoms with E-state index in [2.05, 4.69) is 15.3 Å². The molecule has 2 aromatic rings. The van der Waals surface area contributed by atoms with Crippen molar-refractivity contribution in [2.75, 3.05) is 24.5 Å². The van der Waals surface area contributed by atoms with E-state index in [4.69, 9.17) is 9.47 Å². The van der Waals surface area contributed by atoms with Gasteiger partial charge in [0.1, 0.15) is 23.5 Å². The van der Waals surface area contributed by atoms with E-state index in [1.165, 1.54) is 30.7 Å². The Balaban J connectivity index is 1.75. The Labute approximate surface area is 212 Å². The van der Waals surface area contributed by atoms with E-state index in [0.29, 0.717) is 44.0 Å². The first-order valence-corrected chi connectivity index (χ1v) is 12.3. The highest BCUT2D eigenvalue weighted by Gasteiger charge is 2.27. The van der Waals surface area contributed by atoms with Crippen molar-refractivity contribution in [3.63, 3.8) is 0 Å². The molecule has 196 valence electrons. The molecule has 0 spiro atoms. The van der Waals surface area contributed by atoms with Crippen LogP contribution in [-0.4, -0.2) is 64.2 Å². The third-order valence-corrected chi connectivity index (χ3v) is 5.79. The van der Waals surface area contributed by atoms with Gasteiger partial charge in [-0.15, -0.1) is 0 Å².